The minimum atomic E-state index is -0.439. The fourth-order valence-electron chi connectivity index (χ4n) is 1.35. The van der Waals surface area contributed by atoms with Gasteiger partial charge in [0.25, 0.3) is 0 Å². The molecule has 0 aliphatic heterocycles. The van der Waals surface area contributed by atoms with E-state index in [-0.39, 0.29) is 11.5 Å². The van der Waals surface area contributed by atoms with Crippen LogP contribution in [0.25, 0.3) is 0 Å². The average molecular weight is 269 g/mol. The quantitative estimate of drug-likeness (QED) is 0.656. The van der Waals surface area contributed by atoms with E-state index in [1.165, 1.54) is 6.20 Å². The monoisotopic (exact) mass is 269 g/mol. The summed E-state index contributed by atoms with van der Waals surface area (Å²) in [5.74, 6) is -0.187. The first kappa shape index (κ1) is 15.3. The maximum Gasteiger partial charge on any atom is 0.340 e. The van der Waals surface area contributed by atoms with Gasteiger partial charge in [0, 0.05) is 6.20 Å². The van der Waals surface area contributed by atoms with Gasteiger partial charge >= 0.3 is 5.97 Å². The Morgan fingerprint density at radius 2 is 2.00 bits per heavy atom. The number of nitrogens with zero attached hydrogens (tertiary/aromatic N) is 2. The Morgan fingerprint density at radius 3 is 2.60 bits per heavy atom. The Hall–Kier alpha value is -2.79. The Morgan fingerprint density at radius 1 is 1.35 bits per heavy atom. The molecule has 20 heavy (non-hydrogen) atoms. The molecule has 0 unspecified atom stereocenters. The van der Waals surface area contributed by atoms with Crippen LogP contribution in [-0.2, 0) is 4.74 Å². The lowest BCUT2D eigenvalue weighted by Crippen LogP contribution is -2.11. The van der Waals surface area contributed by atoms with Gasteiger partial charge in [-0.15, -0.1) is 0 Å². The van der Waals surface area contributed by atoms with Crippen LogP contribution in [-0.4, -0.2) is 12.6 Å². The Bertz CT molecular complexity index is 576. The van der Waals surface area contributed by atoms with Gasteiger partial charge in [0.2, 0.25) is 0 Å². The molecule has 0 spiro atoms. The zero-order chi connectivity index (χ0) is 15.0. The molecule has 0 saturated heterocycles. The number of ether oxygens (including phenoxy) is 1. The molecule has 0 atom stereocenters. The predicted molar refractivity (Wildman–Crippen MR) is 74.5 cm³/mol. The Balaban J connectivity index is 2.89. The van der Waals surface area contributed by atoms with Crippen LogP contribution in [0, 0.1) is 28.6 Å². The Labute approximate surface area is 118 Å². The molecular weight excluding hydrogens is 254 g/mol. The van der Waals surface area contributed by atoms with Crippen LogP contribution in [0.3, 0.4) is 0 Å². The summed E-state index contributed by atoms with van der Waals surface area (Å²) in [5.41, 5.74) is 0.777. The van der Waals surface area contributed by atoms with Crippen LogP contribution in [0.4, 0.5) is 5.69 Å². The third-order valence-corrected chi connectivity index (χ3v) is 2.31. The van der Waals surface area contributed by atoms with E-state index in [2.05, 4.69) is 5.32 Å². The van der Waals surface area contributed by atoms with Crippen LogP contribution >= 0.6 is 0 Å². The summed E-state index contributed by atoms with van der Waals surface area (Å²) in [4.78, 5) is 11.9. The molecule has 1 aromatic rings. The highest BCUT2D eigenvalue weighted by Gasteiger charge is 2.12. The number of hydrogen-bond donors (Lipinski definition) is 1. The zero-order valence-corrected chi connectivity index (χ0v) is 11.4. The number of nitriles is 2. The third-order valence-electron chi connectivity index (χ3n) is 2.31. The summed E-state index contributed by atoms with van der Waals surface area (Å²) in [5, 5.41) is 20.1. The summed E-state index contributed by atoms with van der Waals surface area (Å²) in [6.45, 7) is 4.24. The first-order valence-corrected chi connectivity index (χ1v) is 6.11. The van der Waals surface area contributed by atoms with Crippen molar-refractivity contribution in [1.29, 1.82) is 10.5 Å². The summed E-state index contributed by atoms with van der Waals surface area (Å²) in [6.07, 6.45) is 1.26. The van der Waals surface area contributed by atoms with E-state index >= 15 is 0 Å². The van der Waals surface area contributed by atoms with Crippen molar-refractivity contribution in [1.82, 2.24) is 0 Å². The second-order valence-corrected chi connectivity index (χ2v) is 4.46. The van der Waals surface area contributed by atoms with Crippen molar-refractivity contribution in [3.05, 3.63) is 41.6 Å². The van der Waals surface area contributed by atoms with E-state index in [1.807, 2.05) is 13.8 Å². The van der Waals surface area contributed by atoms with Gasteiger partial charge in [-0.05, 0) is 18.1 Å². The van der Waals surface area contributed by atoms with Crippen LogP contribution in [0.15, 0.2) is 36.0 Å². The van der Waals surface area contributed by atoms with Gasteiger partial charge in [-0.1, -0.05) is 26.0 Å². The van der Waals surface area contributed by atoms with Gasteiger partial charge in [-0.2, -0.15) is 10.5 Å². The van der Waals surface area contributed by atoms with E-state index < -0.39 is 5.97 Å². The van der Waals surface area contributed by atoms with Crippen molar-refractivity contribution in [2.24, 2.45) is 5.92 Å². The molecule has 0 bridgehead atoms. The SMILES string of the molecule is CC(C)COC(=O)c1ccccc1NC=C(C#N)C#N. The molecule has 5 nitrogen and oxygen atoms in total. The topological polar surface area (TPSA) is 85.9 Å². The van der Waals surface area contributed by atoms with E-state index in [0.29, 0.717) is 17.9 Å². The number of carbonyl (C=O) groups is 1. The maximum atomic E-state index is 11.9. The van der Waals surface area contributed by atoms with Crippen LogP contribution < -0.4 is 5.32 Å². The molecule has 0 aliphatic rings. The lowest BCUT2D eigenvalue weighted by atomic mass is 10.1. The number of nitrogens with one attached hydrogen (secondary N) is 1. The van der Waals surface area contributed by atoms with E-state index in [0.717, 1.165) is 0 Å². The number of carbonyl (C=O) groups excluding carboxylic acids is 1. The molecule has 1 N–H and O–H groups in total. The van der Waals surface area contributed by atoms with Crippen molar-refractivity contribution in [3.8, 4) is 12.1 Å². The van der Waals surface area contributed by atoms with Gasteiger partial charge in [-0.3, -0.25) is 0 Å². The molecule has 0 aliphatic carbocycles. The highest BCUT2D eigenvalue weighted by molar-refractivity contribution is 5.95. The summed E-state index contributed by atoms with van der Waals surface area (Å²) < 4.78 is 5.16. The molecule has 1 rings (SSSR count). The normalized spacial score (nSPS) is 9.25. The molecule has 0 amide bonds. The fourth-order valence-corrected chi connectivity index (χ4v) is 1.35. The standard InChI is InChI=1S/C15H15N3O2/c1-11(2)10-20-15(19)13-5-3-4-6-14(13)18-9-12(7-16)8-17/h3-6,9,11,18H,10H2,1-2H3. The van der Waals surface area contributed by atoms with E-state index in [9.17, 15) is 4.79 Å². The number of esters is 1. The average Bonchev–Trinajstić information content (AvgIpc) is 2.46. The van der Waals surface area contributed by atoms with Crippen molar-refractivity contribution < 1.29 is 9.53 Å². The summed E-state index contributed by atoms with van der Waals surface area (Å²) in [7, 11) is 0. The first-order chi connectivity index (χ1) is 9.58. The summed E-state index contributed by atoms with van der Waals surface area (Å²) >= 11 is 0. The molecule has 0 fully saturated rings. The smallest absolute Gasteiger partial charge is 0.340 e. The number of anilines is 1. The maximum absolute atomic E-state index is 11.9. The Kier molecular flexibility index (Phi) is 5.80. The van der Waals surface area contributed by atoms with Crippen molar-refractivity contribution in [2.75, 3.05) is 11.9 Å². The van der Waals surface area contributed by atoms with Gasteiger partial charge in [0.05, 0.1) is 17.9 Å². The van der Waals surface area contributed by atoms with Crippen LogP contribution in [0.1, 0.15) is 24.2 Å². The van der Waals surface area contributed by atoms with Crippen LogP contribution in [0.2, 0.25) is 0 Å². The number of allylic oxidation sites excluding steroid dienone is 1. The number of hydrogen-bond acceptors (Lipinski definition) is 5. The second-order valence-electron chi connectivity index (χ2n) is 4.46. The lowest BCUT2D eigenvalue weighted by Gasteiger charge is -2.10. The molecule has 0 saturated carbocycles. The number of rotatable bonds is 5. The lowest BCUT2D eigenvalue weighted by molar-refractivity contribution is 0.0460. The van der Waals surface area contributed by atoms with E-state index in [4.69, 9.17) is 15.3 Å². The molecule has 102 valence electrons. The number of benzene rings is 1. The van der Waals surface area contributed by atoms with Gasteiger partial charge < -0.3 is 10.1 Å². The fraction of sp³-hybridized carbons (Fsp3) is 0.267. The van der Waals surface area contributed by atoms with Crippen molar-refractivity contribution >= 4 is 11.7 Å². The van der Waals surface area contributed by atoms with Gasteiger partial charge in [0.15, 0.2) is 0 Å². The molecule has 0 heterocycles. The molecule has 0 aromatic heterocycles. The summed E-state index contributed by atoms with van der Waals surface area (Å²) in [6, 6.07) is 10.2. The molecule has 5 heteroatoms. The van der Waals surface area contributed by atoms with Gasteiger partial charge in [-0.25, -0.2) is 4.79 Å². The third kappa shape index (κ3) is 4.47. The molecule has 0 radical (unpaired) electrons. The largest absolute Gasteiger partial charge is 0.462 e. The van der Waals surface area contributed by atoms with E-state index in [1.54, 1.807) is 36.4 Å². The minimum Gasteiger partial charge on any atom is -0.462 e. The second kappa shape index (κ2) is 7.60. The number of para-hydroxylation sites is 1. The van der Waals surface area contributed by atoms with Crippen molar-refractivity contribution in [2.45, 2.75) is 13.8 Å². The predicted octanol–water partition coefficient (Wildman–Crippen LogP) is 2.84. The highest BCUT2D eigenvalue weighted by Crippen LogP contribution is 2.17. The van der Waals surface area contributed by atoms with Crippen molar-refractivity contribution in [3.63, 3.8) is 0 Å². The molecule has 1 aromatic carbocycles. The van der Waals surface area contributed by atoms with Gasteiger partial charge in [0.1, 0.15) is 17.7 Å². The van der Waals surface area contributed by atoms with Crippen LogP contribution in [0.5, 0.6) is 0 Å². The minimum absolute atomic E-state index is 0.0737. The zero-order valence-electron chi connectivity index (χ0n) is 11.4. The first-order valence-electron chi connectivity index (χ1n) is 6.11. The molecular formula is C15H15N3O2. The highest BCUT2D eigenvalue weighted by atomic mass is 16.5.